The van der Waals surface area contributed by atoms with Gasteiger partial charge in [-0.05, 0) is 31.2 Å². The Morgan fingerprint density at radius 3 is 2.62 bits per heavy atom. The second-order valence-corrected chi connectivity index (χ2v) is 7.22. The molecule has 26 heavy (non-hydrogen) atoms. The molecule has 140 valence electrons. The molecule has 1 aromatic heterocycles. The van der Waals surface area contributed by atoms with E-state index in [-0.39, 0.29) is 17.9 Å². The number of likely N-dealkylation sites (tertiary alicyclic amines) is 1. The highest BCUT2D eigenvalue weighted by molar-refractivity contribution is 5.74. The van der Waals surface area contributed by atoms with Gasteiger partial charge in [0.2, 0.25) is 11.8 Å². The van der Waals surface area contributed by atoms with E-state index in [0.29, 0.717) is 12.4 Å². The topological polar surface area (TPSA) is 71.3 Å². The number of rotatable bonds is 6. The van der Waals surface area contributed by atoms with Crippen molar-refractivity contribution in [2.45, 2.75) is 51.4 Å². The van der Waals surface area contributed by atoms with E-state index in [1.807, 2.05) is 36.9 Å². The van der Waals surface area contributed by atoms with Crippen LogP contribution < -0.4 is 5.32 Å². The van der Waals surface area contributed by atoms with Crippen molar-refractivity contribution in [2.75, 3.05) is 19.6 Å². The van der Waals surface area contributed by atoms with Gasteiger partial charge < -0.3 is 14.6 Å². The van der Waals surface area contributed by atoms with Gasteiger partial charge in [-0.25, -0.2) is 4.79 Å². The molecule has 0 radical (unpaired) electrons. The van der Waals surface area contributed by atoms with E-state index in [9.17, 15) is 4.79 Å². The summed E-state index contributed by atoms with van der Waals surface area (Å²) in [7, 11) is 0. The fraction of sp³-hybridized carbons (Fsp3) is 0.550. The van der Waals surface area contributed by atoms with Crippen LogP contribution in [0.4, 0.5) is 4.79 Å². The Bertz CT molecular complexity index is 691. The van der Waals surface area contributed by atoms with Crippen molar-refractivity contribution in [3.63, 3.8) is 0 Å². The SMILES string of the molecule is CC(C)c1nnc(C2CCN(C(=O)NCCCc3ccccc3)CC2)o1. The van der Waals surface area contributed by atoms with Crippen molar-refractivity contribution in [1.29, 1.82) is 0 Å². The lowest BCUT2D eigenvalue weighted by Crippen LogP contribution is -2.44. The van der Waals surface area contributed by atoms with Crippen LogP contribution in [-0.4, -0.2) is 40.8 Å². The average molecular weight is 356 g/mol. The number of amides is 2. The number of piperidine rings is 1. The van der Waals surface area contributed by atoms with E-state index in [2.05, 4.69) is 27.6 Å². The number of carbonyl (C=O) groups excluding carboxylic acids is 1. The van der Waals surface area contributed by atoms with E-state index in [0.717, 1.165) is 44.7 Å². The monoisotopic (exact) mass is 356 g/mol. The molecule has 6 heteroatoms. The van der Waals surface area contributed by atoms with Crippen LogP contribution in [0.5, 0.6) is 0 Å². The van der Waals surface area contributed by atoms with E-state index in [1.54, 1.807) is 0 Å². The van der Waals surface area contributed by atoms with E-state index >= 15 is 0 Å². The van der Waals surface area contributed by atoms with Crippen molar-refractivity contribution in [3.8, 4) is 0 Å². The maximum absolute atomic E-state index is 12.3. The predicted octanol–water partition coefficient (Wildman–Crippen LogP) is 3.71. The van der Waals surface area contributed by atoms with Crippen molar-refractivity contribution in [2.24, 2.45) is 0 Å². The minimum Gasteiger partial charge on any atom is -0.425 e. The van der Waals surface area contributed by atoms with Crippen LogP contribution in [0.2, 0.25) is 0 Å². The third-order valence-electron chi connectivity index (χ3n) is 4.84. The quantitative estimate of drug-likeness (QED) is 0.801. The first-order valence-electron chi connectivity index (χ1n) is 9.53. The summed E-state index contributed by atoms with van der Waals surface area (Å²) in [6, 6.07) is 10.4. The normalized spacial score (nSPS) is 15.4. The van der Waals surface area contributed by atoms with Gasteiger partial charge in [0, 0.05) is 31.5 Å². The zero-order chi connectivity index (χ0) is 18.4. The molecule has 1 aliphatic rings. The lowest BCUT2D eigenvalue weighted by Gasteiger charge is -2.30. The van der Waals surface area contributed by atoms with Crippen molar-refractivity contribution in [1.82, 2.24) is 20.4 Å². The molecular weight excluding hydrogens is 328 g/mol. The summed E-state index contributed by atoms with van der Waals surface area (Å²) in [6.45, 7) is 6.25. The predicted molar refractivity (Wildman–Crippen MR) is 100 cm³/mol. The fourth-order valence-corrected chi connectivity index (χ4v) is 3.22. The van der Waals surface area contributed by atoms with Crippen molar-refractivity contribution >= 4 is 6.03 Å². The summed E-state index contributed by atoms with van der Waals surface area (Å²) in [5.41, 5.74) is 1.31. The van der Waals surface area contributed by atoms with Gasteiger partial charge in [-0.3, -0.25) is 0 Å². The second kappa shape index (κ2) is 8.83. The van der Waals surface area contributed by atoms with Crippen molar-refractivity contribution in [3.05, 3.63) is 47.7 Å². The zero-order valence-electron chi connectivity index (χ0n) is 15.6. The highest BCUT2D eigenvalue weighted by atomic mass is 16.4. The van der Waals surface area contributed by atoms with Gasteiger partial charge in [0.25, 0.3) is 0 Å². The summed E-state index contributed by atoms with van der Waals surface area (Å²) >= 11 is 0. The van der Waals surface area contributed by atoms with Gasteiger partial charge in [0.15, 0.2) is 0 Å². The number of aryl methyl sites for hydroxylation is 1. The van der Waals surface area contributed by atoms with E-state index < -0.39 is 0 Å². The summed E-state index contributed by atoms with van der Waals surface area (Å²) in [6.07, 6.45) is 3.68. The number of hydrogen-bond donors (Lipinski definition) is 1. The number of nitrogens with one attached hydrogen (secondary N) is 1. The molecule has 0 bridgehead atoms. The maximum Gasteiger partial charge on any atom is 0.317 e. The van der Waals surface area contributed by atoms with Gasteiger partial charge in [-0.15, -0.1) is 10.2 Å². The first-order chi connectivity index (χ1) is 12.6. The van der Waals surface area contributed by atoms with Gasteiger partial charge in [0.05, 0.1) is 0 Å². The van der Waals surface area contributed by atoms with Crippen LogP contribution in [0.15, 0.2) is 34.7 Å². The highest BCUT2D eigenvalue weighted by Gasteiger charge is 2.27. The molecule has 0 atom stereocenters. The number of carbonyl (C=O) groups is 1. The molecule has 0 spiro atoms. The number of hydrogen-bond acceptors (Lipinski definition) is 4. The number of benzene rings is 1. The van der Waals surface area contributed by atoms with E-state index in [4.69, 9.17) is 4.42 Å². The molecular formula is C20H28N4O2. The van der Waals surface area contributed by atoms with Crippen LogP contribution in [0, 0.1) is 0 Å². The third kappa shape index (κ3) is 4.84. The number of urea groups is 1. The Morgan fingerprint density at radius 1 is 1.23 bits per heavy atom. The standard InChI is InChI=1S/C20H28N4O2/c1-15(2)18-22-23-19(26-18)17-10-13-24(14-11-17)20(25)21-12-6-9-16-7-4-3-5-8-16/h3-5,7-8,15,17H,6,9-14H2,1-2H3,(H,21,25). The van der Waals surface area contributed by atoms with Gasteiger partial charge in [-0.2, -0.15) is 0 Å². The van der Waals surface area contributed by atoms with Crippen LogP contribution in [0.25, 0.3) is 0 Å². The highest BCUT2D eigenvalue weighted by Crippen LogP contribution is 2.28. The second-order valence-electron chi connectivity index (χ2n) is 7.22. The molecule has 1 aromatic carbocycles. The molecule has 3 rings (SSSR count). The summed E-state index contributed by atoms with van der Waals surface area (Å²) in [4.78, 5) is 14.2. The van der Waals surface area contributed by atoms with Gasteiger partial charge in [0.1, 0.15) is 0 Å². The van der Waals surface area contributed by atoms with Crippen LogP contribution in [0.1, 0.15) is 62.3 Å². The van der Waals surface area contributed by atoms with E-state index in [1.165, 1.54) is 5.56 Å². The minimum atomic E-state index is 0.0323. The fourth-order valence-electron chi connectivity index (χ4n) is 3.22. The lowest BCUT2D eigenvalue weighted by atomic mass is 9.97. The Morgan fingerprint density at radius 2 is 1.96 bits per heavy atom. The molecule has 1 fully saturated rings. The summed E-state index contributed by atoms with van der Waals surface area (Å²) < 4.78 is 5.76. The Labute approximate surface area is 155 Å². The molecule has 0 aliphatic carbocycles. The Balaban J connectivity index is 1.37. The van der Waals surface area contributed by atoms with Crippen LogP contribution in [-0.2, 0) is 6.42 Å². The molecule has 2 amide bonds. The molecule has 2 aromatic rings. The zero-order valence-corrected chi connectivity index (χ0v) is 15.6. The van der Waals surface area contributed by atoms with Crippen molar-refractivity contribution < 1.29 is 9.21 Å². The van der Waals surface area contributed by atoms with Crippen LogP contribution >= 0.6 is 0 Å². The molecule has 1 N–H and O–H groups in total. The molecule has 6 nitrogen and oxygen atoms in total. The average Bonchev–Trinajstić information content (AvgIpc) is 3.17. The smallest absolute Gasteiger partial charge is 0.317 e. The molecule has 1 aliphatic heterocycles. The largest absolute Gasteiger partial charge is 0.425 e. The number of nitrogens with zero attached hydrogens (tertiary/aromatic N) is 3. The first kappa shape index (κ1) is 18.4. The molecule has 1 saturated heterocycles. The van der Waals surface area contributed by atoms with Gasteiger partial charge >= 0.3 is 6.03 Å². The van der Waals surface area contributed by atoms with Gasteiger partial charge in [-0.1, -0.05) is 44.2 Å². The molecule has 2 heterocycles. The minimum absolute atomic E-state index is 0.0323. The lowest BCUT2D eigenvalue weighted by molar-refractivity contribution is 0.176. The first-order valence-corrected chi connectivity index (χ1v) is 9.53. The Hall–Kier alpha value is -2.37. The molecule has 0 unspecified atom stereocenters. The molecule has 0 saturated carbocycles. The van der Waals surface area contributed by atoms with Crippen LogP contribution in [0.3, 0.4) is 0 Å². The maximum atomic E-state index is 12.3. The summed E-state index contributed by atoms with van der Waals surface area (Å²) in [5.74, 6) is 1.92. The third-order valence-corrected chi connectivity index (χ3v) is 4.84. The number of aromatic nitrogens is 2. The Kier molecular flexibility index (Phi) is 6.26. The summed E-state index contributed by atoms with van der Waals surface area (Å²) in [5, 5.41) is 11.3.